The van der Waals surface area contributed by atoms with Gasteiger partial charge in [0, 0.05) is 38.6 Å². The molecule has 24 heavy (non-hydrogen) atoms. The molecule has 0 atom stereocenters. The van der Waals surface area contributed by atoms with Crippen LogP contribution in [0, 0.1) is 0 Å². The number of nitrogens with zero attached hydrogens (tertiary/aromatic N) is 5. The van der Waals surface area contributed by atoms with Crippen molar-refractivity contribution in [2.45, 2.75) is 6.54 Å². The van der Waals surface area contributed by atoms with Crippen molar-refractivity contribution in [3.8, 4) is 0 Å². The fourth-order valence-corrected chi connectivity index (χ4v) is 2.98. The standard InChI is InChI=1S/C17H18N6O/c24-16-13-4-1-2-5-14(13)20-15(21-16)12-22-8-10-23(11-9-22)17-18-6-3-7-19-17/h1-7H,8-12H2,(H,20,21,24). The summed E-state index contributed by atoms with van der Waals surface area (Å²) in [6, 6.07) is 9.24. The van der Waals surface area contributed by atoms with Crippen LogP contribution in [0.1, 0.15) is 5.82 Å². The zero-order chi connectivity index (χ0) is 16.4. The number of piperazine rings is 1. The molecule has 0 amide bonds. The number of benzene rings is 1. The first kappa shape index (κ1) is 14.8. The van der Waals surface area contributed by atoms with Gasteiger partial charge in [0.2, 0.25) is 5.95 Å². The molecule has 3 aromatic rings. The molecule has 1 aromatic carbocycles. The van der Waals surface area contributed by atoms with Gasteiger partial charge in [-0.25, -0.2) is 15.0 Å². The number of rotatable bonds is 3. The Morgan fingerprint density at radius 3 is 2.54 bits per heavy atom. The van der Waals surface area contributed by atoms with Crippen LogP contribution in [0.2, 0.25) is 0 Å². The molecule has 3 heterocycles. The molecule has 0 radical (unpaired) electrons. The highest BCUT2D eigenvalue weighted by atomic mass is 16.1. The molecule has 7 heteroatoms. The Morgan fingerprint density at radius 2 is 1.75 bits per heavy atom. The quantitative estimate of drug-likeness (QED) is 0.776. The second kappa shape index (κ2) is 6.37. The van der Waals surface area contributed by atoms with E-state index in [2.05, 4.69) is 29.7 Å². The Bertz CT molecular complexity index is 886. The van der Waals surface area contributed by atoms with Gasteiger partial charge in [-0.15, -0.1) is 0 Å². The third kappa shape index (κ3) is 2.98. The summed E-state index contributed by atoms with van der Waals surface area (Å²) in [5.41, 5.74) is 0.666. The van der Waals surface area contributed by atoms with Gasteiger partial charge in [-0.05, 0) is 18.2 Å². The molecule has 1 saturated heterocycles. The topological polar surface area (TPSA) is 78.0 Å². The second-order valence-electron chi connectivity index (χ2n) is 5.84. The number of fused-ring (bicyclic) bond motifs is 1. The molecule has 0 aliphatic carbocycles. The first-order chi connectivity index (χ1) is 11.8. The Balaban J connectivity index is 1.45. The van der Waals surface area contributed by atoms with Gasteiger partial charge in [0.15, 0.2) is 0 Å². The lowest BCUT2D eigenvalue weighted by atomic mass is 10.2. The van der Waals surface area contributed by atoms with E-state index in [4.69, 9.17) is 0 Å². The highest BCUT2D eigenvalue weighted by Crippen LogP contribution is 2.12. The number of aromatic nitrogens is 4. The van der Waals surface area contributed by atoms with Gasteiger partial charge in [-0.3, -0.25) is 9.69 Å². The van der Waals surface area contributed by atoms with E-state index in [1.165, 1.54) is 0 Å². The molecule has 0 saturated carbocycles. The van der Waals surface area contributed by atoms with E-state index in [1.807, 2.05) is 24.3 Å². The highest BCUT2D eigenvalue weighted by molar-refractivity contribution is 5.77. The monoisotopic (exact) mass is 322 g/mol. The average Bonchev–Trinajstić information content (AvgIpc) is 2.63. The van der Waals surface area contributed by atoms with Gasteiger partial charge in [0.05, 0.1) is 17.4 Å². The highest BCUT2D eigenvalue weighted by Gasteiger charge is 2.19. The van der Waals surface area contributed by atoms with Crippen LogP contribution in [0.15, 0.2) is 47.5 Å². The molecular formula is C17H18N6O. The van der Waals surface area contributed by atoms with E-state index in [0.29, 0.717) is 17.8 Å². The predicted octanol–water partition coefficient (Wildman–Crippen LogP) is 1.04. The average molecular weight is 322 g/mol. The van der Waals surface area contributed by atoms with Gasteiger partial charge < -0.3 is 9.88 Å². The van der Waals surface area contributed by atoms with E-state index in [9.17, 15) is 4.79 Å². The van der Waals surface area contributed by atoms with Crippen molar-refractivity contribution in [2.24, 2.45) is 0 Å². The van der Waals surface area contributed by atoms with Crippen LogP contribution >= 0.6 is 0 Å². The predicted molar refractivity (Wildman–Crippen MR) is 91.9 cm³/mol. The molecule has 1 fully saturated rings. The van der Waals surface area contributed by atoms with Crippen molar-refractivity contribution in [3.05, 3.63) is 58.9 Å². The molecule has 2 aromatic heterocycles. The van der Waals surface area contributed by atoms with E-state index >= 15 is 0 Å². The van der Waals surface area contributed by atoms with Gasteiger partial charge in [-0.2, -0.15) is 0 Å². The van der Waals surface area contributed by atoms with Gasteiger partial charge >= 0.3 is 0 Å². The number of nitrogens with one attached hydrogen (secondary N) is 1. The Morgan fingerprint density at radius 1 is 1.00 bits per heavy atom. The zero-order valence-electron chi connectivity index (χ0n) is 13.2. The largest absolute Gasteiger partial charge is 0.338 e. The van der Waals surface area contributed by atoms with Crippen molar-refractivity contribution in [1.29, 1.82) is 0 Å². The molecule has 4 rings (SSSR count). The maximum atomic E-state index is 12.1. The number of H-pyrrole nitrogens is 1. The third-order valence-corrected chi connectivity index (χ3v) is 4.24. The number of anilines is 1. The van der Waals surface area contributed by atoms with E-state index < -0.39 is 0 Å². The molecule has 1 aliphatic rings. The summed E-state index contributed by atoms with van der Waals surface area (Å²) in [5, 5.41) is 0.632. The second-order valence-corrected chi connectivity index (χ2v) is 5.84. The van der Waals surface area contributed by atoms with Crippen molar-refractivity contribution < 1.29 is 0 Å². The minimum atomic E-state index is -0.0769. The normalized spacial score (nSPS) is 15.8. The van der Waals surface area contributed by atoms with Crippen LogP contribution in [-0.4, -0.2) is 51.0 Å². The summed E-state index contributed by atoms with van der Waals surface area (Å²) < 4.78 is 0. The summed E-state index contributed by atoms with van der Waals surface area (Å²) in [6.07, 6.45) is 3.52. The molecular weight excluding hydrogens is 304 g/mol. The Labute approximate surface area is 139 Å². The molecule has 0 spiro atoms. The van der Waals surface area contributed by atoms with Crippen LogP contribution in [0.25, 0.3) is 10.9 Å². The lowest BCUT2D eigenvalue weighted by Crippen LogP contribution is -2.46. The number of hydrogen-bond acceptors (Lipinski definition) is 6. The van der Waals surface area contributed by atoms with Gasteiger partial charge in [0.1, 0.15) is 5.82 Å². The lowest BCUT2D eigenvalue weighted by molar-refractivity contribution is 0.243. The number of aromatic amines is 1. The smallest absolute Gasteiger partial charge is 0.258 e. The SMILES string of the molecule is O=c1[nH]c(CN2CCN(c3ncccn3)CC2)nc2ccccc12. The fourth-order valence-electron chi connectivity index (χ4n) is 2.98. The van der Waals surface area contributed by atoms with E-state index in [0.717, 1.165) is 37.6 Å². The van der Waals surface area contributed by atoms with Crippen LogP contribution in [0.5, 0.6) is 0 Å². The first-order valence-electron chi connectivity index (χ1n) is 8.02. The number of hydrogen-bond donors (Lipinski definition) is 1. The molecule has 122 valence electrons. The van der Waals surface area contributed by atoms with Crippen LogP contribution in [-0.2, 0) is 6.54 Å². The van der Waals surface area contributed by atoms with Crippen molar-refractivity contribution in [1.82, 2.24) is 24.8 Å². The van der Waals surface area contributed by atoms with Gasteiger partial charge in [0.25, 0.3) is 5.56 Å². The molecule has 1 N–H and O–H groups in total. The summed E-state index contributed by atoms with van der Waals surface area (Å²) in [6.45, 7) is 4.14. The van der Waals surface area contributed by atoms with Crippen LogP contribution < -0.4 is 10.5 Å². The minimum Gasteiger partial charge on any atom is -0.338 e. The molecule has 7 nitrogen and oxygen atoms in total. The summed E-state index contributed by atoms with van der Waals surface area (Å²) in [7, 11) is 0. The molecule has 0 bridgehead atoms. The first-order valence-corrected chi connectivity index (χ1v) is 8.02. The van der Waals surface area contributed by atoms with Crippen molar-refractivity contribution >= 4 is 16.9 Å². The minimum absolute atomic E-state index is 0.0769. The third-order valence-electron chi connectivity index (χ3n) is 4.24. The Hall–Kier alpha value is -2.80. The fraction of sp³-hybridized carbons (Fsp3) is 0.294. The van der Waals surface area contributed by atoms with Gasteiger partial charge in [-0.1, -0.05) is 12.1 Å². The van der Waals surface area contributed by atoms with Crippen molar-refractivity contribution in [3.63, 3.8) is 0 Å². The van der Waals surface area contributed by atoms with Crippen LogP contribution in [0.4, 0.5) is 5.95 Å². The van der Waals surface area contributed by atoms with E-state index in [-0.39, 0.29) is 5.56 Å². The lowest BCUT2D eigenvalue weighted by Gasteiger charge is -2.34. The number of para-hydroxylation sites is 1. The van der Waals surface area contributed by atoms with E-state index in [1.54, 1.807) is 18.5 Å². The molecule has 0 unspecified atom stereocenters. The van der Waals surface area contributed by atoms with Crippen LogP contribution in [0.3, 0.4) is 0 Å². The Kier molecular flexibility index (Phi) is 3.92. The maximum absolute atomic E-state index is 12.1. The summed E-state index contributed by atoms with van der Waals surface area (Å²) in [4.78, 5) is 32.7. The van der Waals surface area contributed by atoms with Crippen molar-refractivity contribution in [2.75, 3.05) is 31.1 Å². The summed E-state index contributed by atoms with van der Waals surface area (Å²) in [5.74, 6) is 1.48. The molecule has 1 aliphatic heterocycles. The summed E-state index contributed by atoms with van der Waals surface area (Å²) >= 11 is 0. The maximum Gasteiger partial charge on any atom is 0.258 e. The zero-order valence-corrected chi connectivity index (χ0v) is 13.2.